The van der Waals surface area contributed by atoms with E-state index >= 15 is 0 Å². The Balaban J connectivity index is 2.34. The van der Waals surface area contributed by atoms with Gasteiger partial charge in [-0.3, -0.25) is 0 Å². The van der Waals surface area contributed by atoms with E-state index in [-0.39, 0.29) is 4.88 Å². The Morgan fingerprint density at radius 2 is 2.14 bits per heavy atom. The van der Waals surface area contributed by atoms with Crippen molar-refractivity contribution in [1.29, 1.82) is 0 Å². The number of rotatable bonds is 6. The summed E-state index contributed by atoms with van der Waals surface area (Å²) in [5.74, 6) is -0.674. The lowest BCUT2D eigenvalue weighted by atomic mass is 10.1. The molecule has 3 aromatic rings. The number of benzene rings is 2. The van der Waals surface area contributed by atoms with Gasteiger partial charge in [0.15, 0.2) is 0 Å². The number of hydrogen-bond acceptors (Lipinski definition) is 3. The van der Waals surface area contributed by atoms with Crippen molar-refractivity contribution < 1.29 is 25.3 Å². The number of fused-ring (bicyclic) bond motifs is 1. The molecule has 1 heterocycles. The second-order valence-corrected chi connectivity index (χ2v) is 4.68. The van der Waals surface area contributed by atoms with E-state index in [0.717, 1.165) is 0 Å². The normalized spacial score (nSPS) is 23.9. The average Bonchev–Trinajstić information content (AvgIpc) is 3.04. The maximum absolute atomic E-state index is 8.51. The fourth-order valence-electron chi connectivity index (χ4n) is 1.64. The highest BCUT2D eigenvalue weighted by Gasteiger charge is 2.15. The van der Waals surface area contributed by atoms with E-state index in [1.165, 1.54) is 0 Å². The summed E-state index contributed by atoms with van der Waals surface area (Å²) in [4.78, 5) is -0.294. The summed E-state index contributed by atoms with van der Waals surface area (Å²) in [6.07, 6.45) is -4.57. The first-order valence-electron chi connectivity index (χ1n) is 13.4. The molecule has 1 unspecified atom stereocenters. The zero-order chi connectivity index (χ0) is 27.5. The van der Waals surface area contributed by atoms with E-state index in [4.69, 9.17) is 25.3 Å². The largest absolute Gasteiger partial charge is 0.484 e. The molecule has 0 bridgehead atoms. The molecule has 3 heteroatoms. The van der Waals surface area contributed by atoms with E-state index in [1.54, 1.807) is 0 Å². The van der Waals surface area contributed by atoms with E-state index in [2.05, 4.69) is 0 Å². The van der Waals surface area contributed by atoms with Crippen LogP contribution in [-0.4, -0.2) is 13.5 Å². The Bertz CT molecular complexity index is 1340. The summed E-state index contributed by atoms with van der Waals surface area (Å²) in [7, 11) is 0. The van der Waals surface area contributed by atoms with Gasteiger partial charge in [-0.05, 0) is 36.3 Å². The topological polar surface area (TPSA) is 21.3 Å². The molecule has 1 aromatic heterocycles. The first-order chi connectivity index (χ1) is 16.4. The average molecular weight is 313 g/mol. The SMILES string of the molecule is [2H]c1sc(C(Oc2c([2H])c([2H])c([2H])c3c([2H])c([2H])c([2H])c([2H])c23)C([2H])([2H])CNC([2H])([2H])[2H])c([2H])c1[2H]. The Morgan fingerprint density at radius 1 is 1.24 bits per heavy atom. The van der Waals surface area contributed by atoms with Crippen molar-refractivity contribution in [2.45, 2.75) is 12.5 Å². The van der Waals surface area contributed by atoms with Crippen molar-refractivity contribution >= 4 is 22.1 Å². The Labute approximate surface area is 150 Å². The van der Waals surface area contributed by atoms with Crippen LogP contribution in [-0.2, 0) is 0 Å². The van der Waals surface area contributed by atoms with Crippen LogP contribution in [0, 0.1) is 0 Å². The molecule has 0 amide bonds. The second-order valence-electron chi connectivity index (χ2n) is 3.83. The zero-order valence-electron chi connectivity index (χ0n) is 25.6. The van der Waals surface area contributed by atoms with Gasteiger partial charge in [-0.15, -0.1) is 11.3 Å². The van der Waals surface area contributed by atoms with Crippen LogP contribution in [0.2, 0.25) is 0 Å². The second kappa shape index (κ2) is 6.74. The van der Waals surface area contributed by atoms with Gasteiger partial charge in [0.05, 0.1) is 13.7 Å². The summed E-state index contributed by atoms with van der Waals surface area (Å²) >= 11 is 0.522. The molecule has 2 nitrogen and oxygen atoms in total. The van der Waals surface area contributed by atoms with Crippen molar-refractivity contribution in [2.24, 2.45) is 0 Å². The fraction of sp³-hybridized carbons (Fsp3) is 0.222. The van der Waals surface area contributed by atoms with Gasteiger partial charge in [-0.25, -0.2) is 0 Å². The minimum atomic E-state index is -2.76. The first kappa shape index (κ1) is 4.83. The summed E-state index contributed by atoms with van der Waals surface area (Å²) in [6.45, 7) is -3.62. The van der Waals surface area contributed by atoms with Crippen LogP contribution in [0.4, 0.5) is 0 Å². The van der Waals surface area contributed by atoms with Gasteiger partial charge in [0.25, 0.3) is 0 Å². The van der Waals surface area contributed by atoms with Crippen LogP contribution < -0.4 is 10.1 Å². The molecule has 0 spiro atoms. The van der Waals surface area contributed by atoms with Crippen LogP contribution in [0.15, 0.2) is 59.7 Å². The highest BCUT2D eigenvalue weighted by Crippen LogP contribution is 2.32. The molecule has 3 rings (SSSR count). The molecule has 0 saturated heterocycles. The molecule has 2 aromatic carbocycles. The van der Waals surface area contributed by atoms with Crippen molar-refractivity contribution in [3.8, 4) is 5.75 Å². The summed E-state index contributed by atoms with van der Waals surface area (Å²) < 4.78 is 126. The molecule has 0 fully saturated rings. The molecular weight excluding hydrogens is 278 g/mol. The van der Waals surface area contributed by atoms with Gasteiger partial charge in [0, 0.05) is 23.5 Å². The van der Waals surface area contributed by atoms with E-state index in [1.807, 2.05) is 5.32 Å². The van der Waals surface area contributed by atoms with E-state index in [9.17, 15) is 0 Å². The standard InChI is InChI=1S/C18H19NOS/c1-19-12-11-17(18-10-5-13-21-18)20-16-9-4-7-14-6-2-3-8-15(14)16/h2-10,13,17,19H,11-12H2,1H3/i1D3,2D,3D,4D,5D,6D,7D,8D,9D,10D,11D2,13D. The highest BCUT2D eigenvalue weighted by atomic mass is 32.1. The monoisotopic (exact) mass is 312 g/mol. The van der Waals surface area contributed by atoms with Crippen molar-refractivity contribution in [3.63, 3.8) is 0 Å². The zero-order valence-corrected chi connectivity index (χ0v) is 11.4. The molecule has 0 aliphatic heterocycles. The Hall–Kier alpha value is -1.84. The molecule has 0 aliphatic rings. The maximum atomic E-state index is 8.51. The maximum Gasteiger partial charge on any atom is 0.134 e. The van der Waals surface area contributed by atoms with Gasteiger partial charge < -0.3 is 10.1 Å². The summed E-state index contributed by atoms with van der Waals surface area (Å²) in [6, 6.07) is -6.13. The first-order valence-corrected chi connectivity index (χ1v) is 6.70. The predicted molar refractivity (Wildman–Crippen MR) is 90.2 cm³/mol. The fourth-order valence-corrected chi connectivity index (χ4v) is 2.19. The molecule has 21 heavy (non-hydrogen) atoms. The van der Waals surface area contributed by atoms with Crippen LogP contribution >= 0.6 is 11.3 Å². The van der Waals surface area contributed by atoms with E-state index in [0.29, 0.717) is 11.3 Å². The van der Waals surface area contributed by atoms with Crippen LogP contribution in [0.1, 0.15) is 37.9 Å². The van der Waals surface area contributed by atoms with Gasteiger partial charge in [-0.2, -0.15) is 0 Å². The number of hydrogen-bond donors (Lipinski definition) is 1. The minimum absolute atomic E-state index is 0.294. The molecule has 0 saturated carbocycles. The predicted octanol–water partition coefficient (Wildman–Crippen LogP) is 4.63. The third-order valence-electron chi connectivity index (χ3n) is 2.53. The number of ether oxygens (including phenoxy) is 1. The summed E-state index contributed by atoms with van der Waals surface area (Å²) in [5, 5.41) is 0.713. The Morgan fingerprint density at radius 3 is 3.00 bits per heavy atom. The molecule has 1 atom stereocenters. The van der Waals surface area contributed by atoms with Crippen LogP contribution in [0.5, 0.6) is 5.75 Å². The van der Waals surface area contributed by atoms with Crippen LogP contribution in [0.25, 0.3) is 10.8 Å². The highest BCUT2D eigenvalue weighted by molar-refractivity contribution is 7.10. The lowest BCUT2D eigenvalue weighted by molar-refractivity contribution is 0.201. The van der Waals surface area contributed by atoms with Crippen molar-refractivity contribution in [1.82, 2.24) is 5.32 Å². The lowest BCUT2D eigenvalue weighted by Gasteiger charge is -2.19. The molecule has 0 aliphatic carbocycles. The molecule has 108 valence electrons. The van der Waals surface area contributed by atoms with Gasteiger partial charge in [0.1, 0.15) is 11.9 Å². The van der Waals surface area contributed by atoms with Gasteiger partial charge in [0.2, 0.25) is 0 Å². The molecule has 0 radical (unpaired) electrons. The lowest BCUT2D eigenvalue weighted by Crippen LogP contribution is -2.15. The Kier molecular flexibility index (Phi) is 1.55. The number of thiophene rings is 1. The smallest absolute Gasteiger partial charge is 0.134 e. The van der Waals surface area contributed by atoms with Crippen molar-refractivity contribution in [2.75, 3.05) is 13.5 Å². The number of nitrogens with one attached hydrogen (secondary N) is 1. The quantitative estimate of drug-likeness (QED) is 0.716. The van der Waals surface area contributed by atoms with Crippen molar-refractivity contribution in [3.05, 3.63) is 64.6 Å². The third-order valence-corrected chi connectivity index (χ3v) is 3.27. The van der Waals surface area contributed by atoms with Crippen LogP contribution in [0.3, 0.4) is 0 Å². The minimum Gasteiger partial charge on any atom is -0.484 e. The molecule has 1 N–H and O–H groups in total. The third kappa shape index (κ3) is 3.26. The van der Waals surface area contributed by atoms with Gasteiger partial charge >= 0.3 is 0 Å². The molecular formula is C18H19NOS. The van der Waals surface area contributed by atoms with E-state index < -0.39 is 102 Å². The van der Waals surface area contributed by atoms with Gasteiger partial charge in [-0.1, -0.05) is 42.3 Å². The summed E-state index contributed by atoms with van der Waals surface area (Å²) in [5.41, 5.74) is 0.